The number of ether oxygens (including phenoxy) is 1. The van der Waals surface area contributed by atoms with Crippen molar-refractivity contribution in [3.05, 3.63) is 48.5 Å². The van der Waals surface area contributed by atoms with Crippen molar-refractivity contribution >= 4 is 29.9 Å². The van der Waals surface area contributed by atoms with Crippen molar-refractivity contribution < 1.29 is 4.74 Å². The van der Waals surface area contributed by atoms with E-state index in [0.717, 1.165) is 49.9 Å². The maximum Gasteiger partial charge on any atom is 0.194 e. The molecule has 1 N–H and O–H groups in total. The highest BCUT2D eigenvalue weighted by atomic mass is 127. The standard InChI is InChI=1S/C23H36N6O.HI/c1-5-25-23(28-11-9-19(2)22(17-28)29-12-10-24-18-29)26-16-20-7-6-8-21(15-20)30-14-13-27(3)4;/h6-8,10,12,15,18-19,22H,5,9,11,13-14,16-17H2,1-4H3,(H,25,26);1H. The average molecular weight is 540 g/mol. The third kappa shape index (κ3) is 7.68. The monoisotopic (exact) mass is 540 g/mol. The van der Waals surface area contributed by atoms with Crippen molar-refractivity contribution in [2.75, 3.05) is 46.9 Å². The second-order valence-electron chi connectivity index (χ2n) is 8.26. The lowest BCUT2D eigenvalue weighted by Gasteiger charge is -2.39. The second-order valence-corrected chi connectivity index (χ2v) is 8.26. The number of benzene rings is 1. The molecule has 1 aliphatic heterocycles. The summed E-state index contributed by atoms with van der Waals surface area (Å²) < 4.78 is 8.10. The first kappa shape index (κ1) is 25.5. The van der Waals surface area contributed by atoms with E-state index in [1.807, 2.05) is 24.7 Å². The number of imidazole rings is 1. The van der Waals surface area contributed by atoms with Crippen LogP contribution in [0.5, 0.6) is 5.75 Å². The Morgan fingerprint density at radius 2 is 2.19 bits per heavy atom. The molecule has 0 spiro atoms. The van der Waals surface area contributed by atoms with Gasteiger partial charge in [0, 0.05) is 38.6 Å². The smallest absolute Gasteiger partial charge is 0.194 e. The molecule has 8 heteroatoms. The Labute approximate surface area is 203 Å². The van der Waals surface area contributed by atoms with E-state index in [-0.39, 0.29) is 24.0 Å². The summed E-state index contributed by atoms with van der Waals surface area (Å²) in [5.74, 6) is 2.50. The molecule has 1 saturated heterocycles. The minimum Gasteiger partial charge on any atom is -0.492 e. The van der Waals surface area contributed by atoms with Crippen LogP contribution in [0.15, 0.2) is 48.0 Å². The Balaban J connectivity index is 0.00000341. The Hall–Kier alpha value is -1.81. The van der Waals surface area contributed by atoms with Gasteiger partial charge in [-0.15, -0.1) is 24.0 Å². The molecular weight excluding hydrogens is 503 g/mol. The van der Waals surface area contributed by atoms with Crippen LogP contribution in [0.2, 0.25) is 0 Å². The van der Waals surface area contributed by atoms with Crippen LogP contribution in [0.1, 0.15) is 31.9 Å². The Morgan fingerprint density at radius 1 is 1.35 bits per heavy atom. The van der Waals surface area contributed by atoms with Gasteiger partial charge < -0.3 is 24.4 Å². The molecule has 1 aliphatic rings. The van der Waals surface area contributed by atoms with Crippen molar-refractivity contribution in [1.82, 2.24) is 24.7 Å². The number of halogens is 1. The summed E-state index contributed by atoms with van der Waals surface area (Å²) >= 11 is 0. The number of likely N-dealkylation sites (tertiary alicyclic amines) is 1. The highest BCUT2D eigenvalue weighted by Gasteiger charge is 2.28. The molecule has 0 amide bonds. The molecule has 1 aromatic heterocycles. The van der Waals surface area contributed by atoms with Gasteiger partial charge in [-0.3, -0.25) is 0 Å². The molecule has 2 atom stereocenters. The van der Waals surface area contributed by atoms with Crippen molar-refractivity contribution in [3.63, 3.8) is 0 Å². The molecule has 3 rings (SSSR count). The lowest BCUT2D eigenvalue weighted by atomic mass is 9.93. The number of guanidine groups is 1. The van der Waals surface area contributed by atoms with Crippen molar-refractivity contribution in [3.8, 4) is 5.75 Å². The van der Waals surface area contributed by atoms with Gasteiger partial charge in [0.2, 0.25) is 0 Å². The van der Waals surface area contributed by atoms with E-state index < -0.39 is 0 Å². The van der Waals surface area contributed by atoms with E-state index in [0.29, 0.717) is 25.1 Å². The fourth-order valence-electron chi connectivity index (χ4n) is 3.77. The number of nitrogens with zero attached hydrogens (tertiary/aromatic N) is 5. The van der Waals surface area contributed by atoms with Crippen LogP contribution in [0.25, 0.3) is 0 Å². The van der Waals surface area contributed by atoms with Gasteiger partial charge in [-0.2, -0.15) is 0 Å². The Morgan fingerprint density at radius 3 is 2.90 bits per heavy atom. The predicted molar refractivity (Wildman–Crippen MR) is 137 cm³/mol. The number of aromatic nitrogens is 2. The summed E-state index contributed by atoms with van der Waals surface area (Å²) in [6.07, 6.45) is 6.99. The van der Waals surface area contributed by atoms with Gasteiger partial charge in [-0.25, -0.2) is 9.98 Å². The van der Waals surface area contributed by atoms with Crippen LogP contribution < -0.4 is 10.1 Å². The molecule has 0 bridgehead atoms. The van der Waals surface area contributed by atoms with E-state index in [1.54, 1.807) is 0 Å². The maximum absolute atomic E-state index is 5.87. The normalized spacial score (nSPS) is 19.3. The molecule has 0 saturated carbocycles. The van der Waals surface area contributed by atoms with Crippen molar-refractivity contribution in [2.45, 2.75) is 32.9 Å². The van der Waals surface area contributed by atoms with E-state index in [9.17, 15) is 0 Å². The summed E-state index contributed by atoms with van der Waals surface area (Å²) in [6, 6.07) is 8.67. The lowest BCUT2D eigenvalue weighted by Crippen LogP contribution is -2.49. The SMILES string of the molecule is CCNC(=NCc1cccc(OCCN(C)C)c1)N1CCC(C)C(n2ccnc2)C1.I. The molecule has 2 unspecified atom stereocenters. The minimum absolute atomic E-state index is 0. The third-order valence-corrected chi connectivity index (χ3v) is 5.58. The van der Waals surface area contributed by atoms with Crippen LogP contribution >= 0.6 is 24.0 Å². The number of hydrogen-bond donors (Lipinski definition) is 1. The number of nitrogens with one attached hydrogen (secondary N) is 1. The number of likely N-dealkylation sites (N-methyl/N-ethyl adjacent to an activating group) is 1. The maximum atomic E-state index is 5.87. The summed E-state index contributed by atoms with van der Waals surface area (Å²) in [5, 5.41) is 3.48. The van der Waals surface area contributed by atoms with E-state index >= 15 is 0 Å². The second kappa shape index (κ2) is 12.9. The zero-order valence-electron chi connectivity index (χ0n) is 19.2. The fourth-order valence-corrected chi connectivity index (χ4v) is 3.77. The summed E-state index contributed by atoms with van der Waals surface area (Å²) in [5.41, 5.74) is 1.16. The summed E-state index contributed by atoms with van der Waals surface area (Å²) in [7, 11) is 4.10. The predicted octanol–water partition coefficient (Wildman–Crippen LogP) is 3.49. The number of piperidine rings is 1. The number of aliphatic imine (C=N–C) groups is 1. The van der Waals surface area contributed by atoms with Gasteiger partial charge in [0.05, 0.1) is 18.9 Å². The zero-order valence-corrected chi connectivity index (χ0v) is 21.5. The summed E-state index contributed by atoms with van der Waals surface area (Å²) in [4.78, 5) is 13.7. The molecule has 1 fully saturated rings. The van der Waals surface area contributed by atoms with Crippen molar-refractivity contribution in [1.29, 1.82) is 0 Å². The van der Waals surface area contributed by atoms with Crippen LogP contribution in [0.4, 0.5) is 0 Å². The van der Waals surface area contributed by atoms with Gasteiger partial charge >= 0.3 is 0 Å². The number of rotatable bonds is 8. The van der Waals surface area contributed by atoms with Gasteiger partial charge in [0.15, 0.2) is 5.96 Å². The minimum atomic E-state index is 0. The lowest BCUT2D eigenvalue weighted by molar-refractivity contribution is 0.189. The quantitative estimate of drug-likeness (QED) is 0.316. The van der Waals surface area contributed by atoms with Gasteiger partial charge in [-0.1, -0.05) is 19.1 Å². The molecule has 7 nitrogen and oxygen atoms in total. The first-order chi connectivity index (χ1) is 14.6. The van der Waals surface area contributed by atoms with Gasteiger partial charge in [0.25, 0.3) is 0 Å². The third-order valence-electron chi connectivity index (χ3n) is 5.58. The molecular formula is C23H37IN6O. The first-order valence-corrected chi connectivity index (χ1v) is 10.9. The topological polar surface area (TPSA) is 57.9 Å². The summed E-state index contributed by atoms with van der Waals surface area (Å²) in [6.45, 7) is 9.48. The first-order valence-electron chi connectivity index (χ1n) is 10.9. The van der Waals surface area contributed by atoms with Gasteiger partial charge in [0.1, 0.15) is 12.4 Å². The van der Waals surface area contributed by atoms with Gasteiger partial charge in [-0.05, 0) is 51.1 Å². The number of hydrogen-bond acceptors (Lipinski definition) is 4. The molecule has 31 heavy (non-hydrogen) atoms. The highest BCUT2D eigenvalue weighted by molar-refractivity contribution is 14.0. The van der Waals surface area contributed by atoms with E-state index in [4.69, 9.17) is 9.73 Å². The Bertz CT molecular complexity index is 795. The van der Waals surface area contributed by atoms with Crippen LogP contribution in [0.3, 0.4) is 0 Å². The molecule has 2 heterocycles. The van der Waals surface area contributed by atoms with E-state index in [1.165, 1.54) is 0 Å². The van der Waals surface area contributed by atoms with Crippen LogP contribution in [-0.2, 0) is 6.54 Å². The van der Waals surface area contributed by atoms with Crippen LogP contribution in [-0.4, -0.2) is 72.2 Å². The van der Waals surface area contributed by atoms with Crippen LogP contribution in [0, 0.1) is 5.92 Å². The van der Waals surface area contributed by atoms with E-state index in [2.05, 4.69) is 70.9 Å². The highest BCUT2D eigenvalue weighted by Crippen LogP contribution is 2.27. The Kier molecular flexibility index (Phi) is 10.6. The fraction of sp³-hybridized carbons (Fsp3) is 0.565. The van der Waals surface area contributed by atoms with Crippen molar-refractivity contribution in [2.24, 2.45) is 10.9 Å². The molecule has 0 aliphatic carbocycles. The largest absolute Gasteiger partial charge is 0.492 e. The molecule has 0 radical (unpaired) electrons. The zero-order chi connectivity index (χ0) is 21.3. The molecule has 172 valence electrons. The molecule has 1 aromatic carbocycles. The average Bonchev–Trinajstić information content (AvgIpc) is 3.26. The molecule has 2 aromatic rings.